The van der Waals surface area contributed by atoms with Gasteiger partial charge in [-0.2, -0.15) is 0 Å². The highest BCUT2D eigenvalue weighted by atomic mass is 16.2. The van der Waals surface area contributed by atoms with E-state index in [9.17, 15) is 19.2 Å². The lowest BCUT2D eigenvalue weighted by molar-refractivity contribution is -0.137. The summed E-state index contributed by atoms with van der Waals surface area (Å²) in [7, 11) is 0. The molecule has 0 unspecified atom stereocenters. The minimum absolute atomic E-state index is 0.0779. The van der Waals surface area contributed by atoms with Crippen molar-refractivity contribution < 1.29 is 19.2 Å². The van der Waals surface area contributed by atoms with Gasteiger partial charge in [0.25, 0.3) is 5.91 Å². The number of hydrogen-bond acceptors (Lipinski definition) is 5. The van der Waals surface area contributed by atoms with Gasteiger partial charge in [0.1, 0.15) is 5.54 Å². The summed E-state index contributed by atoms with van der Waals surface area (Å²) in [5.41, 5.74) is 1.51. The number of benzene rings is 2. The average molecular weight is 444 g/mol. The standard InChI is InChI=1S/C26H25N3O4/c1-3-27-19-8-5-4-7-18(19)26(25(27)33)22-21(20-9-6-14-28(20)26)23(31)29(24(22)32)17-12-10-16(11-13-17)15(2)30/h4-5,7-8,10-13,20-22H,3,6,9,14H2,1-2H3/t20-,21-,22-,26-/m1/s1. The Balaban J connectivity index is 1.52. The number of likely N-dealkylation sites (N-methyl/N-ethyl adjacent to an activating group) is 1. The highest BCUT2D eigenvalue weighted by Gasteiger charge is 2.75. The van der Waals surface area contributed by atoms with Gasteiger partial charge < -0.3 is 4.90 Å². The van der Waals surface area contributed by atoms with Crippen LogP contribution in [0.4, 0.5) is 11.4 Å². The zero-order chi connectivity index (χ0) is 23.1. The Hall–Kier alpha value is -3.32. The van der Waals surface area contributed by atoms with Crippen molar-refractivity contribution in [2.24, 2.45) is 11.8 Å². The van der Waals surface area contributed by atoms with Crippen molar-refractivity contribution in [3.05, 3.63) is 59.7 Å². The predicted octanol–water partition coefficient (Wildman–Crippen LogP) is 2.73. The van der Waals surface area contributed by atoms with Gasteiger partial charge in [0.05, 0.1) is 17.5 Å². The number of carbonyl (C=O) groups is 4. The van der Waals surface area contributed by atoms with Crippen molar-refractivity contribution in [2.75, 3.05) is 22.9 Å². The molecule has 0 N–H and O–H groups in total. The molecule has 4 aliphatic heterocycles. The third kappa shape index (κ3) is 2.33. The van der Waals surface area contributed by atoms with Gasteiger partial charge in [0.15, 0.2) is 5.78 Å². The summed E-state index contributed by atoms with van der Waals surface area (Å²) in [4.78, 5) is 58.7. The summed E-state index contributed by atoms with van der Waals surface area (Å²) >= 11 is 0. The number of carbonyl (C=O) groups excluding carboxylic acids is 4. The van der Waals surface area contributed by atoms with Gasteiger partial charge in [0.2, 0.25) is 11.8 Å². The number of para-hydroxylation sites is 1. The Morgan fingerprint density at radius 1 is 1.03 bits per heavy atom. The van der Waals surface area contributed by atoms with E-state index in [0.717, 1.165) is 24.1 Å². The maximum absolute atomic E-state index is 14.1. The topological polar surface area (TPSA) is 78.0 Å². The van der Waals surface area contributed by atoms with Crippen LogP contribution in [0, 0.1) is 11.8 Å². The van der Waals surface area contributed by atoms with Crippen LogP contribution in [0.2, 0.25) is 0 Å². The van der Waals surface area contributed by atoms with Crippen molar-refractivity contribution >= 4 is 34.9 Å². The molecule has 33 heavy (non-hydrogen) atoms. The number of hydrogen-bond donors (Lipinski definition) is 0. The molecule has 4 heterocycles. The maximum atomic E-state index is 14.1. The lowest BCUT2D eigenvalue weighted by atomic mass is 9.75. The third-order valence-electron chi connectivity index (χ3n) is 7.99. The van der Waals surface area contributed by atoms with E-state index in [2.05, 4.69) is 4.90 Å². The second-order valence-electron chi connectivity index (χ2n) is 9.35. The van der Waals surface area contributed by atoms with E-state index < -0.39 is 17.4 Å². The molecule has 0 aromatic heterocycles. The SMILES string of the molecule is CCN1C(=O)[C@@]2(c3ccccc31)[C@H]1C(=O)N(c3ccc(C(C)=O)cc3)C(=O)[C@@H]1[C@H]1CCCN12. The molecule has 1 spiro atoms. The van der Waals surface area contributed by atoms with Crippen LogP contribution in [0.25, 0.3) is 0 Å². The van der Waals surface area contributed by atoms with Crippen LogP contribution in [-0.4, -0.2) is 47.5 Å². The van der Waals surface area contributed by atoms with E-state index in [-0.39, 0.29) is 29.5 Å². The van der Waals surface area contributed by atoms with Gasteiger partial charge in [-0.3, -0.25) is 24.1 Å². The first kappa shape index (κ1) is 20.3. The summed E-state index contributed by atoms with van der Waals surface area (Å²) in [6, 6.07) is 14.1. The molecule has 3 saturated heterocycles. The number of anilines is 2. The van der Waals surface area contributed by atoms with E-state index in [1.165, 1.54) is 11.8 Å². The zero-order valence-corrected chi connectivity index (χ0v) is 18.7. The van der Waals surface area contributed by atoms with Crippen LogP contribution in [0.3, 0.4) is 0 Å². The van der Waals surface area contributed by atoms with Gasteiger partial charge >= 0.3 is 0 Å². The molecule has 0 saturated carbocycles. The minimum Gasteiger partial charge on any atom is -0.310 e. The summed E-state index contributed by atoms with van der Waals surface area (Å²) in [6.07, 6.45) is 1.69. The number of nitrogens with zero attached hydrogens (tertiary/aromatic N) is 3. The summed E-state index contributed by atoms with van der Waals surface area (Å²) < 4.78 is 0. The molecule has 0 aliphatic carbocycles. The minimum atomic E-state index is -1.14. The largest absolute Gasteiger partial charge is 0.310 e. The smallest absolute Gasteiger partial charge is 0.253 e. The van der Waals surface area contributed by atoms with Crippen LogP contribution in [0.15, 0.2) is 48.5 Å². The molecule has 3 fully saturated rings. The normalized spacial score (nSPS) is 30.4. The van der Waals surface area contributed by atoms with Crippen LogP contribution < -0.4 is 9.80 Å². The molecule has 0 bridgehead atoms. The number of rotatable bonds is 3. The second kappa shape index (κ2) is 6.84. The molecule has 2 aromatic rings. The summed E-state index contributed by atoms with van der Waals surface area (Å²) in [6.45, 7) is 4.62. The highest BCUT2D eigenvalue weighted by molar-refractivity contribution is 6.26. The quantitative estimate of drug-likeness (QED) is 0.539. The molecule has 4 atom stereocenters. The number of Topliss-reactive ketones (excluding diaryl/α,β-unsaturated/α-hetero) is 1. The first-order chi connectivity index (χ1) is 15.9. The molecule has 3 amide bonds. The van der Waals surface area contributed by atoms with Gasteiger partial charge in [-0.25, -0.2) is 4.90 Å². The lowest BCUT2D eigenvalue weighted by Gasteiger charge is -2.37. The second-order valence-corrected chi connectivity index (χ2v) is 9.35. The average Bonchev–Trinajstić information content (AvgIpc) is 3.51. The first-order valence-electron chi connectivity index (χ1n) is 11.6. The van der Waals surface area contributed by atoms with Crippen LogP contribution in [-0.2, 0) is 19.9 Å². The summed E-state index contributed by atoms with van der Waals surface area (Å²) in [5.74, 6) is -2.05. The van der Waals surface area contributed by atoms with E-state index in [4.69, 9.17) is 0 Å². The Kier molecular flexibility index (Phi) is 4.21. The highest BCUT2D eigenvalue weighted by Crippen LogP contribution is 2.61. The fourth-order valence-corrected chi connectivity index (χ4v) is 6.75. The van der Waals surface area contributed by atoms with Gasteiger partial charge in [-0.05, 0) is 63.6 Å². The Morgan fingerprint density at radius 3 is 2.45 bits per heavy atom. The van der Waals surface area contributed by atoms with Crippen LogP contribution in [0.1, 0.15) is 42.6 Å². The van der Waals surface area contributed by atoms with E-state index in [1.807, 2.05) is 31.2 Å². The van der Waals surface area contributed by atoms with Gasteiger partial charge in [-0.1, -0.05) is 18.2 Å². The first-order valence-corrected chi connectivity index (χ1v) is 11.6. The number of ketones is 1. The Bertz CT molecular complexity index is 1220. The van der Waals surface area contributed by atoms with Crippen molar-refractivity contribution in [1.82, 2.24) is 4.90 Å². The molecule has 6 rings (SSSR count). The third-order valence-corrected chi connectivity index (χ3v) is 7.99. The Morgan fingerprint density at radius 2 is 1.76 bits per heavy atom. The number of imide groups is 1. The molecular formula is C26H25N3O4. The van der Waals surface area contributed by atoms with Gasteiger partial charge in [-0.15, -0.1) is 0 Å². The summed E-state index contributed by atoms with van der Waals surface area (Å²) in [5, 5.41) is 0. The fraction of sp³-hybridized carbons (Fsp3) is 0.385. The lowest BCUT2D eigenvalue weighted by Crippen LogP contribution is -2.56. The van der Waals surface area contributed by atoms with Crippen molar-refractivity contribution in [3.63, 3.8) is 0 Å². The molecule has 168 valence electrons. The molecule has 0 radical (unpaired) electrons. The molecule has 4 aliphatic rings. The predicted molar refractivity (Wildman–Crippen MR) is 122 cm³/mol. The van der Waals surface area contributed by atoms with Crippen molar-refractivity contribution in [1.29, 1.82) is 0 Å². The fourth-order valence-electron chi connectivity index (χ4n) is 6.75. The molecule has 7 nitrogen and oxygen atoms in total. The maximum Gasteiger partial charge on any atom is 0.253 e. The number of fused-ring (bicyclic) bond motifs is 7. The Labute approximate surface area is 191 Å². The van der Waals surface area contributed by atoms with E-state index in [0.29, 0.717) is 24.3 Å². The molecule has 7 heteroatoms. The number of amides is 3. The molecular weight excluding hydrogens is 418 g/mol. The van der Waals surface area contributed by atoms with E-state index in [1.54, 1.807) is 29.2 Å². The zero-order valence-electron chi connectivity index (χ0n) is 18.7. The van der Waals surface area contributed by atoms with E-state index >= 15 is 0 Å². The monoisotopic (exact) mass is 443 g/mol. The van der Waals surface area contributed by atoms with Crippen LogP contribution in [0.5, 0.6) is 0 Å². The van der Waals surface area contributed by atoms with Gasteiger partial charge in [0, 0.05) is 29.4 Å². The molecule has 2 aromatic carbocycles. The van der Waals surface area contributed by atoms with Crippen LogP contribution >= 0.6 is 0 Å². The van der Waals surface area contributed by atoms with Crippen molar-refractivity contribution in [2.45, 2.75) is 38.3 Å². The van der Waals surface area contributed by atoms with Crippen molar-refractivity contribution in [3.8, 4) is 0 Å².